The van der Waals surface area contributed by atoms with E-state index in [9.17, 15) is 19.7 Å². The number of imide groups is 1. The second-order valence-electron chi connectivity index (χ2n) is 7.98. The summed E-state index contributed by atoms with van der Waals surface area (Å²) in [4.78, 5) is 36.8. The highest BCUT2D eigenvalue weighted by Crippen LogP contribution is 2.73. The van der Waals surface area contributed by atoms with E-state index in [-0.39, 0.29) is 63.7 Å². The number of hydrogen-bond acceptors (Lipinski definition) is 7. The smallest absolute Gasteiger partial charge is 0.282 e. The third-order valence-corrected chi connectivity index (χ3v) is 6.87. The number of hydrazone groups is 1. The number of rotatable bonds is 5. The molecule has 0 N–H and O–H groups in total. The minimum atomic E-state index is -0.577. The average molecular weight is 397 g/mol. The number of nitro groups is 1. The highest BCUT2D eigenvalue weighted by atomic mass is 16.6. The lowest BCUT2D eigenvalue weighted by Crippen LogP contribution is -2.30. The van der Waals surface area contributed by atoms with E-state index >= 15 is 0 Å². The van der Waals surface area contributed by atoms with E-state index < -0.39 is 4.92 Å². The minimum Gasteiger partial charge on any atom is -0.493 e. The molecule has 2 amide bonds. The molecule has 3 aliphatic carbocycles. The molecule has 1 heterocycles. The molecule has 1 aromatic carbocycles. The molecule has 0 unspecified atom stereocenters. The molecule has 1 aromatic rings. The molecule has 4 atom stereocenters. The van der Waals surface area contributed by atoms with Crippen LogP contribution in [0.15, 0.2) is 29.4 Å². The minimum absolute atomic E-state index is 0.101. The van der Waals surface area contributed by atoms with Gasteiger partial charge in [-0.2, -0.15) is 10.1 Å². The van der Waals surface area contributed by atoms with Crippen LogP contribution in [0.2, 0.25) is 0 Å². The number of benzene rings is 1. The number of carbonyl (C=O) groups is 2. The molecule has 29 heavy (non-hydrogen) atoms. The molecule has 5 rings (SSSR count). The first-order chi connectivity index (χ1) is 13.9. The van der Waals surface area contributed by atoms with Gasteiger partial charge in [0.1, 0.15) is 0 Å². The normalized spacial score (nSPS) is 30.5. The Labute approximate surface area is 166 Å². The van der Waals surface area contributed by atoms with Crippen LogP contribution < -0.4 is 9.47 Å². The molecular formula is C20H19N3O6. The summed E-state index contributed by atoms with van der Waals surface area (Å²) >= 11 is 0. The zero-order valence-electron chi connectivity index (χ0n) is 15.9. The fraction of sp³-hybridized carbons (Fsp3) is 0.450. The Balaban J connectivity index is 1.47. The number of allylic oxidation sites excluding steroid dienone is 2. The summed E-state index contributed by atoms with van der Waals surface area (Å²) in [6.07, 6.45) is 7.44. The van der Waals surface area contributed by atoms with Gasteiger partial charge < -0.3 is 9.47 Å². The van der Waals surface area contributed by atoms with Crippen molar-refractivity contribution < 1.29 is 24.0 Å². The Morgan fingerprint density at radius 3 is 2.14 bits per heavy atom. The SMILES string of the molecule is COc1cc(/C=N\N2C(=O)[C@@H]3[C@H](C2=O)[C@H]2C=C[C@H]3C23CC3)c([N+](=O)[O-])cc1OC. The van der Waals surface area contributed by atoms with Gasteiger partial charge in [0.05, 0.1) is 48.8 Å². The molecule has 9 heteroatoms. The monoisotopic (exact) mass is 397 g/mol. The van der Waals surface area contributed by atoms with Crippen LogP contribution in [-0.2, 0) is 9.59 Å². The van der Waals surface area contributed by atoms with Crippen LogP contribution in [0, 0.1) is 39.2 Å². The summed E-state index contributed by atoms with van der Waals surface area (Å²) in [5.41, 5.74) is -0.0343. The average Bonchev–Trinajstić information content (AvgIpc) is 3.31. The van der Waals surface area contributed by atoms with Gasteiger partial charge in [-0.3, -0.25) is 19.7 Å². The first kappa shape index (κ1) is 17.8. The summed E-state index contributed by atoms with van der Waals surface area (Å²) in [5.74, 6) is -0.667. The molecule has 0 aromatic heterocycles. The van der Waals surface area contributed by atoms with Crippen molar-refractivity contribution in [3.63, 3.8) is 0 Å². The van der Waals surface area contributed by atoms with Crippen LogP contribution >= 0.6 is 0 Å². The number of ether oxygens (including phenoxy) is 2. The van der Waals surface area contributed by atoms with Gasteiger partial charge in [-0.25, -0.2) is 0 Å². The van der Waals surface area contributed by atoms with Gasteiger partial charge in [-0.1, -0.05) is 12.2 Å². The fourth-order valence-electron chi connectivity index (χ4n) is 5.44. The van der Waals surface area contributed by atoms with Crippen LogP contribution in [0.3, 0.4) is 0 Å². The number of nitro benzene ring substituents is 1. The Morgan fingerprint density at radius 2 is 1.66 bits per heavy atom. The maximum atomic E-state index is 12.9. The lowest BCUT2D eigenvalue weighted by Gasteiger charge is -2.18. The van der Waals surface area contributed by atoms with Crippen molar-refractivity contribution in [2.75, 3.05) is 14.2 Å². The predicted octanol–water partition coefficient (Wildman–Crippen LogP) is 2.14. The first-order valence-corrected chi connectivity index (χ1v) is 9.43. The van der Waals surface area contributed by atoms with Gasteiger partial charge in [-0.05, 0) is 36.2 Å². The Bertz CT molecular complexity index is 978. The van der Waals surface area contributed by atoms with Crippen molar-refractivity contribution >= 4 is 23.7 Å². The molecular weight excluding hydrogens is 378 g/mol. The van der Waals surface area contributed by atoms with E-state index in [0.717, 1.165) is 17.9 Å². The van der Waals surface area contributed by atoms with E-state index in [1.807, 2.05) is 0 Å². The van der Waals surface area contributed by atoms with Crippen molar-refractivity contribution in [3.05, 3.63) is 40.0 Å². The molecule has 4 aliphatic rings. The second-order valence-corrected chi connectivity index (χ2v) is 7.98. The largest absolute Gasteiger partial charge is 0.493 e. The van der Waals surface area contributed by atoms with E-state index in [2.05, 4.69) is 17.3 Å². The molecule has 1 saturated heterocycles. The zero-order chi connectivity index (χ0) is 20.5. The quantitative estimate of drug-likeness (QED) is 0.247. The Hall–Kier alpha value is -3.23. The number of fused-ring (bicyclic) bond motifs is 3. The fourth-order valence-corrected chi connectivity index (χ4v) is 5.44. The lowest BCUT2D eigenvalue weighted by molar-refractivity contribution is -0.385. The highest BCUT2D eigenvalue weighted by molar-refractivity contribution is 6.07. The standard InChI is InChI=1S/C20H19N3O6/c1-28-14-7-10(13(23(26)27)8-15(14)29-2)9-21-22-18(24)16-11-3-4-12(17(16)19(22)25)20(11)5-6-20/h3-4,7-9,11-12,16-17H,5-6H2,1-2H3/b21-9-/t11-,12-,16-,17+/m1/s1. The molecule has 0 radical (unpaired) electrons. The van der Waals surface area contributed by atoms with E-state index in [4.69, 9.17) is 9.47 Å². The number of hydrogen-bond donors (Lipinski definition) is 0. The number of carbonyl (C=O) groups excluding carboxylic acids is 2. The molecule has 2 saturated carbocycles. The molecule has 1 aliphatic heterocycles. The van der Waals surface area contributed by atoms with Crippen molar-refractivity contribution in [2.24, 2.45) is 34.2 Å². The Morgan fingerprint density at radius 1 is 1.10 bits per heavy atom. The van der Waals surface area contributed by atoms with Crippen LogP contribution in [0.25, 0.3) is 0 Å². The van der Waals surface area contributed by atoms with Crippen molar-refractivity contribution in [1.82, 2.24) is 5.01 Å². The van der Waals surface area contributed by atoms with Crippen LogP contribution in [0.4, 0.5) is 5.69 Å². The van der Waals surface area contributed by atoms with Crippen LogP contribution in [-0.4, -0.2) is 42.2 Å². The highest BCUT2D eigenvalue weighted by Gasteiger charge is 2.73. The van der Waals surface area contributed by atoms with Crippen molar-refractivity contribution in [3.8, 4) is 11.5 Å². The molecule has 150 valence electrons. The third kappa shape index (κ3) is 2.24. The predicted molar refractivity (Wildman–Crippen MR) is 100 cm³/mol. The second kappa shape index (κ2) is 5.88. The van der Waals surface area contributed by atoms with E-state index in [1.54, 1.807) is 0 Å². The Kier molecular flexibility index (Phi) is 3.62. The first-order valence-electron chi connectivity index (χ1n) is 9.43. The van der Waals surface area contributed by atoms with Crippen LogP contribution in [0.1, 0.15) is 18.4 Å². The number of nitrogens with zero attached hydrogens (tertiary/aromatic N) is 3. The summed E-state index contributed by atoms with van der Waals surface area (Å²) in [6.45, 7) is 0. The number of methoxy groups -OCH3 is 2. The van der Waals surface area contributed by atoms with Gasteiger partial charge in [-0.15, -0.1) is 0 Å². The third-order valence-electron chi connectivity index (χ3n) is 6.87. The van der Waals surface area contributed by atoms with E-state index in [0.29, 0.717) is 0 Å². The van der Waals surface area contributed by atoms with Crippen molar-refractivity contribution in [1.29, 1.82) is 0 Å². The van der Waals surface area contributed by atoms with Gasteiger partial charge in [0, 0.05) is 0 Å². The van der Waals surface area contributed by atoms with Crippen molar-refractivity contribution in [2.45, 2.75) is 12.8 Å². The van der Waals surface area contributed by atoms with E-state index in [1.165, 1.54) is 32.6 Å². The van der Waals surface area contributed by atoms with Gasteiger partial charge >= 0.3 is 0 Å². The summed E-state index contributed by atoms with van der Waals surface area (Å²) < 4.78 is 10.3. The summed E-state index contributed by atoms with van der Waals surface area (Å²) in [7, 11) is 2.79. The molecule has 2 bridgehead atoms. The molecule has 1 spiro atoms. The summed E-state index contributed by atoms with van der Waals surface area (Å²) in [6, 6.07) is 2.63. The topological polar surface area (TPSA) is 111 Å². The maximum Gasteiger partial charge on any atom is 0.282 e. The molecule has 9 nitrogen and oxygen atoms in total. The maximum absolute atomic E-state index is 12.9. The van der Waals surface area contributed by atoms with Gasteiger partial charge in [0.15, 0.2) is 11.5 Å². The van der Waals surface area contributed by atoms with Gasteiger partial charge in [0.25, 0.3) is 17.5 Å². The molecule has 3 fully saturated rings. The number of amides is 2. The summed E-state index contributed by atoms with van der Waals surface area (Å²) in [5, 5.41) is 16.4. The van der Waals surface area contributed by atoms with Gasteiger partial charge in [0.2, 0.25) is 0 Å². The van der Waals surface area contributed by atoms with Crippen LogP contribution in [0.5, 0.6) is 11.5 Å². The lowest BCUT2D eigenvalue weighted by atomic mass is 9.85. The zero-order valence-corrected chi connectivity index (χ0v) is 15.9.